The molecule has 5 fully saturated rings. The lowest BCUT2D eigenvalue weighted by molar-refractivity contribution is -0.159. The van der Waals surface area contributed by atoms with Gasteiger partial charge in [0.2, 0.25) is 0 Å². The van der Waals surface area contributed by atoms with Crippen molar-refractivity contribution in [1.82, 2.24) is 0 Å². The maximum absolute atomic E-state index is 11.2. The minimum Gasteiger partial charge on any atom is -0.481 e. The predicted octanol–water partition coefficient (Wildman–Crippen LogP) is 5.65. The quantitative estimate of drug-likeness (QED) is 0.657. The van der Waals surface area contributed by atoms with Crippen LogP contribution in [0.1, 0.15) is 98.3 Å². The first-order valence-corrected chi connectivity index (χ1v) is 11.9. The van der Waals surface area contributed by atoms with Crippen LogP contribution < -0.4 is 0 Å². The van der Waals surface area contributed by atoms with E-state index in [1.54, 1.807) is 0 Å². The van der Waals surface area contributed by atoms with Gasteiger partial charge in [0.15, 0.2) is 0 Å². The van der Waals surface area contributed by atoms with E-state index in [1.165, 1.54) is 51.4 Å². The maximum Gasteiger partial charge on any atom is 0.303 e. The van der Waals surface area contributed by atoms with Gasteiger partial charge in [-0.2, -0.15) is 0 Å². The molecular formula is C25H40O3. The van der Waals surface area contributed by atoms with Crippen LogP contribution in [-0.2, 0) is 4.79 Å². The van der Waals surface area contributed by atoms with Crippen LogP contribution in [0.2, 0.25) is 0 Å². The number of hydrogen-bond donors (Lipinski definition) is 2. The molecule has 5 saturated carbocycles. The molecule has 0 heterocycles. The molecule has 8 atom stereocenters. The van der Waals surface area contributed by atoms with Crippen LogP contribution >= 0.6 is 0 Å². The van der Waals surface area contributed by atoms with E-state index in [-0.39, 0.29) is 11.5 Å². The van der Waals surface area contributed by atoms with E-state index in [1.807, 2.05) is 0 Å². The Morgan fingerprint density at radius 2 is 1.54 bits per heavy atom. The topological polar surface area (TPSA) is 57.5 Å². The number of aliphatic carboxylic acids is 1. The number of hydrogen-bond acceptors (Lipinski definition) is 2. The normalized spacial score (nSPS) is 56.2. The third-order valence-corrected chi connectivity index (χ3v) is 12.0. The summed E-state index contributed by atoms with van der Waals surface area (Å²) in [6, 6.07) is 0. The fourth-order valence-electron chi connectivity index (χ4n) is 10.2. The van der Waals surface area contributed by atoms with Crippen molar-refractivity contribution in [3.8, 4) is 0 Å². The molecule has 5 aliphatic rings. The molecule has 0 aromatic rings. The summed E-state index contributed by atoms with van der Waals surface area (Å²) in [5.74, 6) is 1.46. The molecule has 0 aliphatic heterocycles. The van der Waals surface area contributed by atoms with E-state index in [0.29, 0.717) is 39.9 Å². The molecule has 3 unspecified atom stereocenters. The summed E-state index contributed by atoms with van der Waals surface area (Å²) in [6.07, 6.45) is 12.5. The second kappa shape index (κ2) is 5.56. The van der Waals surface area contributed by atoms with Gasteiger partial charge in [-0.1, -0.05) is 27.7 Å². The minimum absolute atomic E-state index is 0.0636. The van der Waals surface area contributed by atoms with Crippen LogP contribution in [0.5, 0.6) is 0 Å². The SMILES string of the molecule is CC1(C)C2CCC3[C@]4(CC[C@]5(C)C(CCC(=O)O)CC[C@@]35C)C[C@]24CC[C@@H]1O. The lowest BCUT2D eigenvalue weighted by Gasteiger charge is -2.63. The van der Waals surface area contributed by atoms with Gasteiger partial charge < -0.3 is 10.2 Å². The average molecular weight is 389 g/mol. The first kappa shape index (κ1) is 19.4. The van der Waals surface area contributed by atoms with Gasteiger partial charge in [0, 0.05) is 6.42 Å². The van der Waals surface area contributed by atoms with Crippen molar-refractivity contribution >= 4 is 5.97 Å². The van der Waals surface area contributed by atoms with Gasteiger partial charge in [-0.25, -0.2) is 0 Å². The molecule has 158 valence electrons. The Morgan fingerprint density at radius 1 is 0.857 bits per heavy atom. The zero-order valence-corrected chi connectivity index (χ0v) is 18.4. The van der Waals surface area contributed by atoms with Crippen molar-refractivity contribution in [2.75, 3.05) is 0 Å². The van der Waals surface area contributed by atoms with Gasteiger partial charge in [-0.15, -0.1) is 0 Å². The molecule has 5 aliphatic carbocycles. The number of rotatable bonds is 3. The fraction of sp³-hybridized carbons (Fsp3) is 0.960. The second-order valence-corrected chi connectivity index (χ2v) is 12.6. The standard InChI is InChI=1S/C25H40O3/c1-21(2)17-6-7-18-23(4)11-9-16(5-8-20(27)28)22(23,3)13-14-25(18)15-24(17,25)12-10-19(21)26/h16-19,26H,5-15H2,1-4H3,(H,27,28)/t16?,17?,18?,19-,22+,23-,24+,25-/m0/s1. The van der Waals surface area contributed by atoms with Crippen LogP contribution in [0.25, 0.3) is 0 Å². The smallest absolute Gasteiger partial charge is 0.303 e. The fourth-order valence-corrected chi connectivity index (χ4v) is 10.2. The lowest BCUT2D eigenvalue weighted by atomic mass is 9.42. The zero-order valence-electron chi connectivity index (χ0n) is 18.4. The van der Waals surface area contributed by atoms with Gasteiger partial charge in [0.25, 0.3) is 0 Å². The van der Waals surface area contributed by atoms with Gasteiger partial charge in [0.05, 0.1) is 6.10 Å². The van der Waals surface area contributed by atoms with Crippen LogP contribution in [0, 0.1) is 44.8 Å². The summed E-state index contributed by atoms with van der Waals surface area (Å²) in [7, 11) is 0. The van der Waals surface area contributed by atoms with E-state index in [4.69, 9.17) is 0 Å². The van der Waals surface area contributed by atoms with E-state index >= 15 is 0 Å². The first-order valence-electron chi connectivity index (χ1n) is 11.9. The molecule has 2 N–H and O–H groups in total. The van der Waals surface area contributed by atoms with Crippen LogP contribution in [-0.4, -0.2) is 22.3 Å². The third-order valence-electron chi connectivity index (χ3n) is 12.0. The Bertz CT molecular complexity index is 700. The molecule has 3 nitrogen and oxygen atoms in total. The van der Waals surface area contributed by atoms with Gasteiger partial charge in [-0.3, -0.25) is 4.79 Å². The average Bonchev–Trinajstić information content (AvgIpc) is 3.22. The van der Waals surface area contributed by atoms with E-state index in [2.05, 4.69) is 27.7 Å². The summed E-state index contributed by atoms with van der Waals surface area (Å²) in [6.45, 7) is 9.78. The summed E-state index contributed by atoms with van der Waals surface area (Å²) in [5, 5.41) is 20.0. The molecule has 0 aromatic carbocycles. The second-order valence-electron chi connectivity index (χ2n) is 12.6. The third kappa shape index (κ3) is 2.03. The highest BCUT2D eigenvalue weighted by atomic mass is 16.4. The molecule has 0 saturated heterocycles. The Labute approximate surface area is 170 Å². The predicted molar refractivity (Wildman–Crippen MR) is 110 cm³/mol. The number of carbonyl (C=O) groups is 1. The van der Waals surface area contributed by atoms with E-state index < -0.39 is 5.97 Å². The molecule has 2 spiro atoms. The monoisotopic (exact) mass is 388 g/mol. The molecule has 0 amide bonds. The lowest BCUT2D eigenvalue weighted by Crippen LogP contribution is -2.57. The van der Waals surface area contributed by atoms with E-state index in [9.17, 15) is 15.0 Å². The highest BCUT2D eigenvalue weighted by Gasteiger charge is 2.81. The van der Waals surface area contributed by atoms with Crippen molar-refractivity contribution in [3.05, 3.63) is 0 Å². The first-order chi connectivity index (χ1) is 13.0. The van der Waals surface area contributed by atoms with Crippen LogP contribution in [0.15, 0.2) is 0 Å². The number of aliphatic hydroxyl groups excluding tert-OH is 1. The van der Waals surface area contributed by atoms with Crippen molar-refractivity contribution in [3.63, 3.8) is 0 Å². The van der Waals surface area contributed by atoms with Crippen LogP contribution in [0.3, 0.4) is 0 Å². The number of carboxylic acids is 1. The number of fused-ring (bicyclic) bond motifs is 2. The molecule has 3 heteroatoms. The summed E-state index contributed by atoms with van der Waals surface area (Å²) < 4.78 is 0. The van der Waals surface area contributed by atoms with Gasteiger partial charge in [-0.05, 0) is 109 Å². The van der Waals surface area contributed by atoms with Gasteiger partial charge >= 0.3 is 5.97 Å². The minimum atomic E-state index is -0.630. The number of carboxylic acid groups (broad SMARTS) is 1. The van der Waals surface area contributed by atoms with Crippen molar-refractivity contribution in [1.29, 1.82) is 0 Å². The summed E-state index contributed by atoms with van der Waals surface area (Å²) >= 11 is 0. The highest BCUT2D eigenvalue weighted by molar-refractivity contribution is 5.66. The van der Waals surface area contributed by atoms with Crippen molar-refractivity contribution in [2.45, 2.75) is 104 Å². The van der Waals surface area contributed by atoms with Gasteiger partial charge in [0.1, 0.15) is 0 Å². The Kier molecular flexibility index (Phi) is 3.85. The van der Waals surface area contributed by atoms with Crippen LogP contribution in [0.4, 0.5) is 0 Å². The summed E-state index contributed by atoms with van der Waals surface area (Å²) in [4.78, 5) is 11.2. The Morgan fingerprint density at radius 3 is 2.25 bits per heavy atom. The zero-order chi connectivity index (χ0) is 20.2. The van der Waals surface area contributed by atoms with Crippen molar-refractivity contribution < 1.29 is 15.0 Å². The largest absolute Gasteiger partial charge is 0.481 e. The maximum atomic E-state index is 11.2. The molecule has 0 bridgehead atoms. The molecule has 0 aromatic heterocycles. The van der Waals surface area contributed by atoms with Crippen molar-refractivity contribution in [2.24, 2.45) is 44.8 Å². The molecule has 5 rings (SSSR count). The summed E-state index contributed by atoms with van der Waals surface area (Å²) in [5.41, 5.74) is 1.79. The Hall–Kier alpha value is -0.570. The Balaban J connectivity index is 1.46. The highest BCUT2D eigenvalue weighted by Crippen LogP contribution is 2.88. The molecule has 0 radical (unpaired) electrons. The molecule has 28 heavy (non-hydrogen) atoms. The molecular weight excluding hydrogens is 348 g/mol. The van der Waals surface area contributed by atoms with E-state index in [0.717, 1.165) is 18.8 Å². The number of aliphatic hydroxyl groups is 1.